The first-order chi connectivity index (χ1) is 5.80. The average molecular weight is 157 g/mol. The van der Waals surface area contributed by atoms with Gasteiger partial charge in [-0.3, -0.25) is 0 Å². The molecule has 0 aliphatic heterocycles. The van der Waals surface area contributed by atoms with E-state index in [-0.39, 0.29) is 0 Å². The van der Waals surface area contributed by atoms with E-state index in [0.29, 0.717) is 16.9 Å². The summed E-state index contributed by atoms with van der Waals surface area (Å²) in [6, 6.07) is 6.99. The SMILES string of the molecule is C#Cc1cc(C#N)cc(OC)c1. The van der Waals surface area contributed by atoms with Crippen LogP contribution in [0.25, 0.3) is 0 Å². The van der Waals surface area contributed by atoms with Gasteiger partial charge in [0, 0.05) is 5.56 Å². The van der Waals surface area contributed by atoms with Gasteiger partial charge < -0.3 is 4.74 Å². The number of benzene rings is 1. The van der Waals surface area contributed by atoms with Crippen molar-refractivity contribution in [3.05, 3.63) is 29.3 Å². The molecule has 0 fully saturated rings. The molecule has 0 spiro atoms. The van der Waals surface area contributed by atoms with Crippen LogP contribution in [0.5, 0.6) is 5.75 Å². The highest BCUT2D eigenvalue weighted by molar-refractivity contribution is 5.46. The lowest BCUT2D eigenvalue weighted by Gasteiger charge is -2.00. The summed E-state index contributed by atoms with van der Waals surface area (Å²) in [6.45, 7) is 0. The zero-order valence-electron chi connectivity index (χ0n) is 6.66. The van der Waals surface area contributed by atoms with Crippen LogP contribution in [0.1, 0.15) is 11.1 Å². The van der Waals surface area contributed by atoms with E-state index in [9.17, 15) is 0 Å². The first-order valence-corrected chi connectivity index (χ1v) is 3.36. The lowest BCUT2D eigenvalue weighted by atomic mass is 10.1. The molecular weight excluding hydrogens is 150 g/mol. The van der Waals surface area contributed by atoms with Gasteiger partial charge in [0.15, 0.2) is 0 Å². The Balaban J connectivity index is 3.24. The molecule has 2 heteroatoms. The fraction of sp³-hybridized carbons (Fsp3) is 0.100. The molecule has 12 heavy (non-hydrogen) atoms. The average Bonchev–Trinajstić information content (AvgIpc) is 2.16. The minimum absolute atomic E-state index is 0.516. The van der Waals surface area contributed by atoms with Crippen molar-refractivity contribution in [2.45, 2.75) is 0 Å². The van der Waals surface area contributed by atoms with E-state index >= 15 is 0 Å². The van der Waals surface area contributed by atoms with E-state index in [0.717, 1.165) is 0 Å². The van der Waals surface area contributed by atoms with Crippen molar-refractivity contribution in [3.8, 4) is 24.2 Å². The van der Waals surface area contributed by atoms with Gasteiger partial charge in [0.25, 0.3) is 0 Å². The number of hydrogen-bond donors (Lipinski definition) is 0. The third-order valence-corrected chi connectivity index (χ3v) is 1.44. The Labute approximate surface area is 71.4 Å². The Morgan fingerprint density at radius 1 is 1.33 bits per heavy atom. The summed E-state index contributed by atoms with van der Waals surface area (Å²) in [5, 5.41) is 8.60. The molecule has 1 rings (SSSR count). The number of hydrogen-bond acceptors (Lipinski definition) is 2. The van der Waals surface area contributed by atoms with Gasteiger partial charge in [0.05, 0.1) is 18.7 Å². The molecule has 0 aliphatic carbocycles. The summed E-state index contributed by atoms with van der Waals surface area (Å²) in [6.07, 6.45) is 5.18. The molecule has 0 amide bonds. The van der Waals surface area contributed by atoms with Crippen molar-refractivity contribution in [2.75, 3.05) is 7.11 Å². The summed E-state index contributed by atoms with van der Waals surface area (Å²) >= 11 is 0. The van der Waals surface area contributed by atoms with Gasteiger partial charge in [-0.15, -0.1) is 6.42 Å². The van der Waals surface area contributed by atoms with E-state index in [1.165, 1.54) is 7.11 Å². The van der Waals surface area contributed by atoms with Crippen LogP contribution in [0.3, 0.4) is 0 Å². The predicted octanol–water partition coefficient (Wildman–Crippen LogP) is 1.55. The molecular formula is C10H7NO. The van der Waals surface area contributed by atoms with Crippen molar-refractivity contribution in [1.82, 2.24) is 0 Å². The predicted molar refractivity (Wildman–Crippen MR) is 45.6 cm³/mol. The van der Waals surface area contributed by atoms with Gasteiger partial charge in [-0.25, -0.2) is 0 Å². The Kier molecular flexibility index (Phi) is 2.35. The second-order valence-corrected chi connectivity index (χ2v) is 2.21. The molecule has 0 aromatic heterocycles. The molecule has 2 nitrogen and oxygen atoms in total. The van der Waals surface area contributed by atoms with Crippen LogP contribution in [0.4, 0.5) is 0 Å². The van der Waals surface area contributed by atoms with Gasteiger partial charge in [-0.1, -0.05) is 5.92 Å². The number of ether oxygens (including phenoxy) is 1. The fourth-order valence-electron chi connectivity index (χ4n) is 0.865. The topological polar surface area (TPSA) is 33.0 Å². The molecule has 0 unspecified atom stereocenters. The highest BCUT2D eigenvalue weighted by atomic mass is 16.5. The van der Waals surface area contributed by atoms with Gasteiger partial charge in [0.1, 0.15) is 5.75 Å². The minimum atomic E-state index is 0.516. The third-order valence-electron chi connectivity index (χ3n) is 1.44. The van der Waals surface area contributed by atoms with Crippen LogP contribution >= 0.6 is 0 Å². The molecule has 1 aromatic carbocycles. The van der Waals surface area contributed by atoms with Crippen molar-refractivity contribution in [2.24, 2.45) is 0 Å². The zero-order chi connectivity index (χ0) is 8.97. The van der Waals surface area contributed by atoms with E-state index in [1.54, 1.807) is 18.2 Å². The first-order valence-electron chi connectivity index (χ1n) is 3.36. The highest BCUT2D eigenvalue weighted by Gasteiger charge is 1.97. The standard InChI is InChI=1S/C10H7NO/c1-3-8-4-9(7-11)6-10(5-8)12-2/h1,4-6H,2H3. The van der Waals surface area contributed by atoms with E-state index in [4.69, 9.17) is 16.4 Å². The number of nitrogens with zero attached hydrogens (tertiary/aromatic N) is 1. The maximum atomic E-state index is 8.60. The Bertz CT molecular complexity index is 336. The molecule has 0 heterocycles. The molecule has 0 saturated carbocycles. The molecule has 1 aromatic rings. The van der Waals surface area contributed by atoms with E-state index in [1.807, 2.05) is 6.07 Å². The lowest BCUT2D eigenvalue weighted by molar-refractivity contribution is 0.414. The number of nitriles is 1. The number of methoxy groups -OCH3 is 1. The molecule has 0 radical (unpaired) electrons. The molecule has 0 bridgehead atoms. The smallest absolute Gasteiger partial charge is 0.121 e. The maximum absolute atomic E-state index is 8.60. The van der Waals surface area contributed by atoms with Gasteiger partial charge in [-0.05, 0) is 18.2 Å². The third kappa shape index (κ3) is 1.56. The summed E-state index contributed by atoms with van der Waals surface area (Å²) in [5.41, 5.74) is 1.17. The maximum Gasteiger partial charge on any atom is 0.121 e. The Hall–Kier alpha value is -1.93. The monoisotopic (exact) mass is 157 g/mol. The van der Waals surface area contributed by atoms with Crippen LogP contribution in [0.2, 0.25) is 0 Å². The Morgan fingerprint density at radius 3 is 2.50 bits per heavy atom. The first kappa shape index (κ1) is 8.17. The van der Waals surface area contributed by atoms with E-state index < -0.39 is 0 Å². The van der Waals surface area contributed by atoms with Crippen LogP contribution < -0.4 is 4.74 Å². The fourth-order valence-corrected chi connectivity index (χ4v) is 0.865. The summed E-state index contributed by atoms with van der Waals surface area (Å²) in [7, 11) is 1.54. The Morgan fingerprint density at radius 2 is 2.00 bits per heavy atom. The van der Waals surface area contributed by atoms with E-state index in [2.05, 4.69) is 5.92 Å². The van der Waals surface area contributed by atoms with Crippen LogP contribution in [-0.4, -0.2) is 7.11 Å². The normalized spacial score (nSPS) is 8.25. The van der Waals surface area contributed by atoms with Gasteiger partial charge >= 0.3 is 0 Å². The van der Waals surface area contributed by atoms with Crippen molar-refractivity contribution < 1.29 is 4.74 Å². The van der Waals surface area contributed by atoms with Crippen molar-refractivity contribution in [1.29, 1.82) is 5.26 Å². The van der Waals surface area contributed by atoms with Gasteiger partial charge in [0.2, 0.25) is 0 Å². The quantitative estimate of drug-likeness (QED) is 0.579. The zero-order valence-corrected chi connectivity index (χ0v) is 6.66. The minimum Gasteiger partial charge on any atom is -0.497 e. The van der Waals surface area contributed by atoms with Gasteiger partial charge in [-0.2, -0.15) is 5.26 Å². The summed E-state index contributed by atoms with van der Waals surface area (Å²) in [4.78, 5) is 0. The second kappa shape index (κ2) is 3.46. The van der Waals surface area contributed by atoms with Crippen LogP contribution in [0.15, 0.2) is 18.2 Å². The summed E-state index contributed by atoms with van der Waals surface area (Å²) < 4.78 is 4.95. The van der Waals surface area contributed by atoms with Crippen LogP contribution in [-0.2, 0) is 0 Å². The summed E-state index contributed by atoms with van der Waals surface area (Å²) in [5.74, 6) is 3.06. The second-order valence-electron chi connectivity index (χ2n) is 2.21. The molecule has 58 valence electrons. The van der Waals surface area contributed by atoms with Crippen molar-refractivity contribution in [3.63, 3.8) is 0 Å². The van der Waals surface area contributed by atoms with Crippen LogP contribution in [0, 0.1) is 23.7 Å². The lowest BCUT2D eigenvalue weighted by Crippen LogP contribution is -1.86. The molecule has 0 saturated heterocycles. The molecule has 0 N–H and O–H groups in total. The largest absolute Gasteiger partial charge is 0.497 e. The molecule has 0 aliphatic rings. The number of rotatable bonds is 1. The molecule has 0 atom stereocenters. The number of terminal acetylenes is 1. The highest BCUT2D eigenvalue weighted by Crippen LogP contribution is 2.15. The van der Waals surface area contributed by atoms with Crippen molar-refractivity contribution >= 4 is 0 Å².